The van der Waals surface area contributed by atoms with Crippen molar-refractivity contribution < 1.29 is 25.2 Å². The Morgan fingerprint density at radius 1 is 1.14 bits per heavy atom. The minimum Gasteiger partial charge on any atom is -0.504 e. The molecule has 1 aromatic carbocycles. The Morgan fingerprint density at radius 3 is 1.79 bits per heavy atom. The minimum atomic E-state index is -1.29. The number of carboxylic acids is 1. The molecule has 0 saturated heterocycles. The fraction of sp³-hybridized carbons (Fsp3) is 0. The van der Waals surface area contributed by atoms with Crippen LogP contribution in [-0.4, -0.2) is 26.4 Å². The number of phenolic OH excluding ortho intramolecular Hbond substituents is 3. The van der Waals surface area contributed by atoms with Gasteiger partial charge in [-0.2, -0.15) is 0 Å². The fourth-order valence-corrected chi connectivity index (χ4v) is 0.728. The maximum Gasteiger partial charge on any atom is 0.335 e. The highest BCUT2D eigenvalue weighted by molar-refractivity contribution is 5.89. The van der Waals surface area contributed by atoms with E-state index in [0.29, 0.717) is 0 Å². The lowest BCUT2D eigenvalue weighted by Crippen LogP contribution is -1.95. The molecule has 0 amide bonds. The summed E-state index contributed by atoms with van der Waals surface area (Å²) >= 11 is 0. The standard InChI is InChI=1S/C7H6O5.CHN/c8-4-1-3(7(11)12)2-5(9)6(4)10;1-2/h1-2,8-10H,(H,11,12);1H. The lowest BCUT2D eigenvalue weighted by molar-refractivity contribution is 0.0696. The van der Waals surface area contributed by atoms with E-state index in [9.17, 15) is 4.79 Å². The molecule has 0 saturated carbocycles. The Morgan fingerprint density at radius 2 is 1.50 bits per heavy atom. The highest BCUT2D eigenvalue weighted by Crippen LogP contribution is 2.35. The number of carboxylic acid groups (broad SMARTS) is 1. The number of rotatable bonds is 1. The number of aromatic hydroxyl groups is 3. The van der Waals surface area contributed by atoms with Gasteiger partial charge in [0.25, 0.3) is 0 Å². The summed E-state index contributed by atoms with van der Waals surface area (Å²) in [4.78, 5) is 10.3. The van der Waals surface area contributed by atoms with Crippen LogP contribution in [0.5, 0.6) is 17.2 Å². The maximum absolute atomic E-state index is 10.3. The van der Waals surface area contributed by atoms with Crippen LogP contribution in [0, 0.1) is 11.8 Å². The third kappa shape index (κ3) is 2.28. The van der Waals surface area contributed by atoms with Crippen LogP contribution in [0.15, 0.2) is 12.1 Å². The Hall–Kier alpha value is -2.42. The average molecular weight is 197 g/mol. The van der Waals surface area contributed by atoms with Gasteiger partial charge in [0.15, 0.2) is 17.2 Å². The first-order valence-corrected chi connectivity index (χ1v) is 3.26. The van der Waals surface area contributed by atoms with Crippen molar-refractivity contribution in [2.75, 3.05) is 0 Å². The average Bonchev–Trinajstić information content (AvgIpc) is 2.16. The zero-order chi connectivity index (χ0) is 11.3. The molecule has 0 spiro atoms. The molecule has 0 aliphatic rings. The lowest BCUT2D eigenvalue weighted by atomic mass is 10.2. The van der Waals surface area contributed by atoms with E-state index in [1.54, 1.807) is 0 Å². The number of benzene rings is 1. The van der Waals surface area contributed by atoms with Crippen LogP contribution in [0.25, 0.3) is 0 Å². The minimum absolute atomic E-state index is 0.289. The SMILES string of the molecule is C#N.O=C(O)c1cc(O)c(O)c(O)c1. The van der Waals surface area contributed by atoms with Gasteiger partial charge in [-0.3, -0.25) is 0 Å². The summed E-state index contributed by atoms with van der Waals surface area (Å²) in [6, 6.07) is 1.69. The van der Waals surface area contributed by atoms with E-state index in [1.165, 1.54) is 0 Å². The Labute approximate surface area is 78.9 Å². The first kappa shape index (κ1) is 11.6. The molecule has 6 heteroatoms. The molecule has 0 bridgehead atoms. The van der Waals surface area contributed by atoms with Gasteiger partial charge in [-0.05, 0) is 12.1 Å². The molecule has 0 fully saturated rings. The van der Waals surface area contributed by atoms with Gasteiger partial charge in [-0.25, -0.2) is 10.1 Å². The van der Waals surface area contributed by atoms with Gasteiger partial charge in [0.1, 0.15) is 0 Å². The number of nitriles is 1. The molecule has 0 heterocycles. The smallest absolute Gasteiger partial charge is 0.335 e. The summed E-state index contributed by atoms with van der Waals surface area (Å²) in [6.45, 7) is 3.50. The van der Waals surface area contributed by atoms with Crippen LogP contribution in [0.4, 0.5) is 0 Å². The van der Waals surface area contributed by atoms with E-state index < -0.39 is 23.2 Å². The van der Waals surface area contributed by atoms with E-state index in [4.69, 9.17) is 25.7 Å². The van der Waals surface area contributed by atoms with Gasteiger partial charge in [0.05, 0.1) is 5.56 Å². The molecule has 0 aliphatic heterocycles. The lowest BCUT2D eigenvalue weighted by Gasteiger charge is -2.01. The normalized spacial score (nSPS) is 8.43. The van der Waals surface area contributed by atoms with Crippen molar-refractivity contribution in [1.82, 2.24) is 0 Å². The Bertz CT molecular complexity index is 348. The maximum atomic E-state index is 10.3. The molecular formula is C8H7NO5. The van der Waals surface area contributed by atoms with Crippen molar-refractivity contribution in [1.29, 1.82) is 5.26 Å². The summed E-state index contributed by atoms with van der Waals surface area (Å²) in [5.41, 5.74) is -0.289. The molecule has 0 unspecified atom stereocenters. The van der Waals surface area contributed by atoms with E-state index in [0.717, 1.165) is 12.1 Å². The van der Waals surface area contributed by atoms with Gasteiger partial charge >= 0.3 is 5.97 Å². The van der Waals surface area contributed by atoms with Gasteiger partial charge < -0.3 is 20.4 Å². The van der Waals surface area contributed by atoms with Crippen LogP contribution < -0.4 is 0 Å². The third-order valence-electron chi connectivity index (χ3n) is 1.32. The molecule has 0 aromatic heterocycles. The number of aromatic carboxylic acids is 1. The predicted molar refractivity (Wildman–Crippen MR) is 45.1 cm³/mol. The molecule has 1 aromatic rings. The van der Waals surface area contributed by atoms with Gasteiger partial charge in [0, 0.05) is 6.57 Å². The Balaban J connectivity index is 0.000000791. The van der Waals surface area contributed by atoms with Gasteiger partial charge in [0.2, 0.25) is 0 Å². The summed E-state index contributed by atoms with van der Waals surface area (Å²) in [5, 5.41) is 41.5. The molecule has 6 nitrogen and oxygen atoms in total. The number of hydrogen-bond donors (Lipinski definition) is 4. The van der Waals surface area contributed by atoms with Crippen molar-refractivity contribution in [2.45, 2.75) is 0 Å². The van der Waals surface area contributed by atoms with E-state index in [1.807, 2.05) is 0 Å². The fourth-order valence-electron chi connectivity index (χ4n) is 0.728. The van der Waals surface area contributed by atoms with Gasteiger partial charge in [-0.1, -0.05) is 0 Å². The van der Waals surface area contributed by atoms with Crippen LogP contribution in [0.3, 0.4) is 0 Å². The van der Waals surface area contributed by atoms with Crippen LogP contribution >= 0.6 is 0 Å². The third-order valence-corrected chi connectivity index (χ3v) is 1.32. The second-order valence-electron chi connectivity index (χ2n) is 2.17. The van der Waals surface area contributed by atoms with Crippen LogP contribution in [0.2, 0.25) is 0 Å². The van der Waals surface area contributed by atoms with Crippen LogP contribution in [-0.2, 0) is 0 Å². The summed E-state index contributed by atoms with van der Waals surface area (Å²) in [6.07, 6.45) is 0. The molecule has 0 aliphatic carbocycles. The molecule has 0 atom stereocenters. The summed E-state index contributed by atoms with van der Waals surface area (Å²) in [7, 11) is 0. The largest absolute Gasteiger partial charge is 0.504 e. The van der Waals surface area contributed by atoms with Crippen molar-refractivity contribution in [2.24, 2.45) is 0 Å². The summed E-state index contributed by atoms with van der Waals surface area (Å²) in [5.74, 6) is -3.33. The number of nitrogens with zero attached hydrogens (tertiary/aromatic N) is 1. The van der Waals surface area contributed by atoms with Crippen molar-refractivity contribution in [3.8, 4) is 23.8 Å². The molecule has 74 valence electrons. The quantitative estimate of drug-likeness (QED) is 0.490. The van der Waals surface area contributed by atoms with E-state index in [-0.39, 0.29) is 5.56 Å². The summed E-state index contributed by atoms with van der Waals surface area (Å²) < 4.78 is 0. The first-order chi connectivity index (χ1) is 6.52. The Kier molecular flexibility index (Phi) is 3.78. The zero-order valence-electron chi connectivity index (χ0n) is 6.88. The van der Waals surface area contributed by atoms with Crippen molar-refractivity contribution in [3.63, 3.8) is 0 Å². The number of carbonyl (C=O) groups is 1. The first-order valence-electron chi connectivity index (χ1n) is 3.26. The molecular weight excluding hydrogens is 190 g/mol. The zero-order valence-corrected chi connectivity index (χ0v) is 6.88. The highest BCUT2D eigenvalue weighted by atomic mass is 16.4. The predicted octanol–water partition coefficient (Wildman–Crippen LogP) is 0.641. The van der Waals surface area contributed by atoms with E-state index >= 15 is 0 Å². The number of hydrogen-bond acceptors (Lipinski definition) is 5. The molecule has 0 radical (unpaired) electrons. The topological polar surface area (TPSA) is 122 Å². The van der Waals surface area contributed by atoms with Gasteiger partial charge in [-0.15, -0.1) is 0 Å². The van der Waals surface area contributed by atoms with Crippen LogP contribution in [0.1, 0.15) is 10.4 Å². The molecule has 1 rings (SSSR count). The monoisotopic (exact) mass is 197 g/mol. The molecule has 14 heavy (non-hydrogen) atoms. The van der Waals surface area contributed by atoms with Crippen molar-refractivity contribution >= 4 is 5.97 Å². The second kappa shape index (κ2) is 4.57. The second-order valence-corrected chi connectivity index (χ2v) is 2.17. The highest BCUT2D eigenvalue weighted by Gasteiger charge is 2.11. The number of phenols is 3. The van der Waals surface area contributed by atoms with Crippen molar-refractivity contribution in [3.05, 3.63) is 17.7 Å². The molecule has 4 N–H and O–H groups in total. The van der Waals surface area contributed by atoms with E-state index in [2.05, 4.69) is 6.57 Å².